The van der Waals surface area contributed by atoms with Crippen LogP contribution in [0, 0.1) is 5.82 Å². The van der Waals surface area contributed by atoms with E-state index in [1.165, 1.54) is 12.1 Å². The van der Waals surface area contributed by atoms with Gasteiger partial charge >= 0.3 is 0 Å². The number of hydrogen-bond acceptors (Lipinski definition) is 2. The van der Waals surface area contributed by atoms with E-state index in [1.807, 2.05) is 18.2 Å². The quantitative estimate of drug-likeness (QED) is 0.853. The zero-order chi connectivity index (χ0) is 13.4. The molecule has 98 valence electrons. The van der Waals surface area contributed by atoms with Crippen molar-refractivity contribution in [2.45, 2.75) is 18.6 Å². The average Bonchev–Trinajstić information content (AvgIpc) is 2.37. The Morgan fingerprint density at radius 1 is 1.21 bits per heavy atom. The molecule has 2 nitrogen and oxygen atoms in total. The number of benzene rings is 2. The number of fused-ring (bicyclic) bond motifs is 1. The Balaban J connectivity index is 1.96. The zero-order valence-corrected chi connectivity index (χ0v) is 10.8. The van der Waals surface area contributed by atoms with Gasteiger partial charge in [-0.15, -0.1) is 0 Å². The van der Waals surface area contributed by atoms with E-state index in [1.54, 1.807) is 12.1 Å². The second-order valence-electron chi connectivity index (χ2n) is 4.60. The van der Waals surface area contributed by atoms with Crippen LogP contribution in [0.15, 0.2) is 42.5 Å². The first kappa shape index (κ1) is 12.5. The fourth-order valence-electron chi connectivity index (χ4n) is 2.36. The molecule has 0 saturated carbocycles. The molecule has 3 rings (SSSR count). The highest BCUT2D eigenvalue weighted by molar-refractivity contribution is 6.30. The predicted octanol–water partition coefficient (Wildman–Crippen LogP) is 4.04. The minimum Gasteiger partial charge on any atom is -0.485 e. The summed E-state index contributed by atoms with van der Waals surface area (Å²) in [6.07, 6.45) is -0.619. The van der Waals surface area contributed by atoms with Gasteiger partial charge in [-0.25, -0.2) is 4.39 Å². The van der Waals surface area contributed by atoms with E-state index in [0.717, 1.165) is 5.56 Å². The number of hydrogen-bond donors (Lipinski definition) is 1. The third-order valence-electron chi connectivity index (χ3n) is 3.24. The molecule has 0 aromatic heterocycles. The zero-order valence-electron chi connectivity index (χ0n) is 10.0. The summed E-state index contributed by atoms with van der Waals surface area (Å²) in [5.41, 5.74) is 1.40. The van der Waals surface area contributed by atoms with E-state index >= 15 is 0 Å². The summed E-state index contributed by atoms with van der Waals surface area (Å²) in [5.74, 6) is 0.228. The highest BCUT2D eigenvalue weighted by Gasteiger charge is 2.28. The lowest BCUT2D eigenvalue weighted by Gasteiger charge is -2.29. The Hall–Kier alpha value is -1.58. The summed E-state index contributed by atoms with van der Waals surface area (Å²) in [6, 6.07) is 11.6. The standard InChI is InChI=1S/C15H12ClFO2/c16-10-5-9(6-11(17)7-10)15-8-13(18)12-3-1-2-4-14(12)19-15/h1-7,13,15,18H,8H2/t13-,15?/m0/s1. The molecule has 1 heterocycles. The summed E-state index contributed by atoms with van der Waals surface area (Å²) in [7, 11) is 0. The molecule has 0 amide bonds. The summed E-state index contributed by atoms with van der Waals surface area (Å²) in [4.78, 5) is 0. The van der Waals surface area contributed by atoms with Crippen molar-refractivity contribution < 1.29 is 14.2 Å². The number of aliphatic hydroxyl groups excluding tert-OH is 1. The summed E-state index contributed by atoms with van der Waals surface area (Å²) < 4.78 is 19.2. The Bertz CT molecular complexity index is 595. The number of aliphatic hydroxyl groups is 1. The van der Waals surface area contributed by atoms with E-state index in [0.29, 0.717) is 22.8 Å². The fraction of sp³-hybridized carbons (Fsp3) is 0.200. The van der Waals surface area contributed by atoms with Crippen LogP contribution in [0.5, 0.6) is 5.75 Å². The monoisotopic (exact) mass is 278 g/mol. The second-order valence-corrected chi connectivity index (χ2v) is 5.04. The van der Waals surface area contributed by atoms with Crippen LogP contribution < -0.4 is 4.74 Å². The normalized spacial score (nSPS) is 21.6. The maximum absolute atomic E-state index is 13.4. The Kier molecular flexibility index (Phi) is 3.17. The molecule has 0 spiro atoms. The van der Waals surface area contributed by atoms with Gasteiger partial charge in [0.05, 0.1) is 6.10 Å². The molecule has 1 aliphatic heterocycles. The van der Waals surface area contributed by atoms with Gasteiger partial charge in [-0.05, 0) is 29.8 Å². The van der Waals surface area contributed by atoms with Gasteiger partial charge in [0.2, 0.25) is 0 Å². The van der Waals surface area contributed by atoms with Crippen LogP contribution in [0.3, 0.4) is 0 Å². The molecule has 2 aromatic carbocycles. The molecule has 0 radical (unpaired) electrons. The van der Waals surface area contributed by atoms with Gasteiger partial charge in [0.15, 0.2) is 0 Å². The Morgan fingerprint density at radius 2 is 2.00 bits per heavy atom. The van der Waals surface area contributed by atoms with Crippen LogP contribution in [0.4, 0.5) is 4.39 Å². The third kappa shape index (κ3) is 2.44. The van der Waals surface area contributed by atoms with Crippen molar-refractivity contribution in [2.24, 2.45) is 0 Å². The van der Waals surface area contributed by atoms with E-state index in [2.05, 4.69) is 0 Å². The van der Waals surface area contributed by atoms with Crippen molar-refractivity contribution in [1.82, 2.24) is 0 Å². The molecule has 19 heavy (non-hydrogen) atoms. The first-order chi connectivity index (χ1) is 9.13. The minimum atomic E-state index is -0.614. The summed E-state index contributed by atoms with van der Waals surface area (Å²) in [5, 5.41) is 10.5. The van der Waals surface area contributed by atoms with Crippen molar-refractivity contribution in [3.05, 3.63) is 64.4 Å². The topological polar surface area (TPSA) is 29.5 Å². The number of rotatable bonds is 1. The van der Waals surface area contributed by atoms with Gasteiger partial charge in [-0.1, -0.05) is 29.8 Å². The van der Waals surface area contributed by atoms with Crippen molar-refractivity contribution in [1.29, 1.82) is 0 Å². The van der Waals surface area contributed by atoms with Crippen molar-refractivity contribution in [3.63, 3.8) is 0 Å². The fourth-order valence-corrected chi connectivity index (χ4v) is 2.59. The molecule has 2 atom stereocenters. The van der Waals surface area contributed by atoms with Gasteiger partial charge < -0.3 is 9.84 Å². The molecular weight excluding hydrogens is 267 g/mol. The number of para-hydroxylation sites is 1. The molecule has 0 saturated heterocycles. The summed E-state index contributed by atoms with van der Waals surface area (Å²) >= 11 is 5.85. The first-order valence-corrected chi connectivity index (χ1v) is 6.41. The van der Waals surface area contributed by atoms with E-state index in [9.17, 15) is 9.50 Å². The molecule has 1 N–H and O–H groups in total. The molecule has 1 unspecified atom stereocenters. The lowest BCUT2D eigenvalue weighted by atomic mass is 9.95. The largest absolute Gasteiger partial charge is 0.485 e. The van der Waals surface area contributed by atoms with E-state index in [4.69, 9.17) is 16.3 Å². The molecular formula is C15H12ClFO2. The van der Waals surface area contributed by atoms with Gasteiger partial charge in [-0.2, -0.15) is 0 Å². The highest BCUT2D eigenvalue weighted by atomic mass is 35.5. The smallest absolute Gasteiger partial charge is 0.127 e. The lowest BCUT2D eigenvalue weighted by molar-refractivity contribution is 0.0656. The van der Waals surface area contributed by atoms with Crippen LogP contribution in [0.1, 0.15) is 29.8 Å². The highest BCUT2D eigenvalue weighted by Crippen LogP contribution is 2.40. The van der Waals surface area contributed by atoms with Gasteiger partial charge in [0.25, 0.3) is 0 Å². The summed E-state index contributed by atoms with van der Waals surface area (Å²) in [6.45, 7) is 0. The van der Waals surface area contributed by atoms with Crippen molar-refractivity contribution in [2.75, 3.05) is 0 Å². The molecule has 0 aliphatic carbocycles. The third-order valence-corrected chi connectivity index (χ3v) is 3.46. The number of ether oxygens (including phenoxy) is 1. The molecule has 0 fully saturated rings. The van der Waals surface area contributed by atoms with Crippen molar-refractivity contribution >= 4 is 11.6 Å². The number of halogens is 2. The van der Waals surface area contributed by atoms with Crippen LogP contribution in [0.25, 0.3) is 0 Å². The van der Waals surface area contributed by atoms with Crippen LogP contribution in [-0.4, -0.2) is 5.11 Å². The van der Waals surface area contributed by atoms with Crippen LogP contribution >= 0.6 is 11.6 Å². The minimum absolute atomic E-state index is 0.326. The van der Waals surface area contributed by atoms with Gasteiger partial charge in [0, 0.05) is 17.0 Å². The molecule has 1 aliphatic rings. The van der Waals surface area contributed by atoms with Gasteiger partial charge in [-0.3, -0.25) is 0 Å². The first-order valence-electron chi connectivity index (χ1n) is 6.03. The Labute approximate surface area is 115 Å². The van der Waals surface area contributed by atoms with E-state index in [-0.39, 0.29) is 0 Å². The van der Waals surface area contributed by atoms with Crippen LogP contribution in [0.2, 0.25) is 5.02 Å². The van der Waals surface area contributed by atoms with Crippen LogP contribution in [-0.2, 0) is 0 Å². The Morgan fingerprint density at radius 3 is 2.79 bits per heavy atom. The second kappa shape index (κ2) is 4.83. The molecule has 2 aromatic rings. The maximum atomic E-state index is 13.4. The van der Waals surface area contributed by atoms with Gasteiger partial charge in [0.1, 0.15) is 17.7 Å². The maximum Gasteiger partial charge on any atom is 0.127 e. The molecule has 4 heteroatoms. The SMILES string of the molecule is O[C@H]1CC(c2cc(F)cc(Cl)c2)Oc2ccccc21. The average molecular weight is 279 g/mol. The lowest BCUT2D eigenvalue weighted by Crippen LogP contribution is -2.19. The van der Waals surface area contributed by atoms with E-state index < -0.39 is 18.0 Å². The predicted molar refractivity (Wildman–Crippen MR) is 70.8 cm³/mol. The van der Waals surface area contributed by atoms with Crippen molar-refractivity contribution in [3.8, 4) is 5.75 Å². The molecule has 0 bridgehead atoms.